The number of nitrogens with zero attached hydrogens (tertiary/aromatic N) is 2. The van der Waals surface area contributed by atoms with Crippen LogP contribution >= 0.6 is 0 Å². The third-order valence-corrected chi connectivity index (χ3v) is 8.38. The number of likely N-dealkylation sites (tertiary alicyclic amines) is 1. The first kappa shape index (κ1) is 26.5. The van der Waals surface area contributed by atoms with Crippen molar-refractivity contribution in [3.8, 4) is 0 Å². The fourth-order valence-corrected chi connectivity index (χ4v) is 6.14. The summed E-state index contributed by atoms with van der Waals surface area (Å²) in [6.45, 7) is 0.849. The van der Waals surface area contributed by atoms with Gasteiger partial charge in [-0.2, -0.15) is 26.3 Å². The molecule has 196 valence electrons. The molecule has 2 heterocycles. The molecule has 0 unspecified atom stereocenters. The van der Waals surface area contributed by atoms with Gasteiger partial charge in [-0.05, 0) is 30.2 Å². The Morgan fingerprint density at radius 3 is 1.92 bits per heavy atom. The summed E-state index contributed by atoms with van der Waals surface area (Å²) in [4.78, 5) is 16.5. The van der Waals surface area contributed by atoms with Crippen LogP contribution in [0, 0.1) is 0 Å². The zero-order chi connectivity index (χ0) is 26.3. The maximum atomic E-state index is 13.3. The third-order valence-electron chi connectivity index (χ3n) is 6.77. The number of amides is 1. The summed E-state index contributed by atoms with van der Waals surface area (Å²) in [5.41, 5.74) is -2.89. The van der Waals surface area contributed by atoms with Crippen LogP contribution in [0.15, 0.2) is 48.5 Å². The van der Waals surface area contributed by atoms with E-state index in [9.17, 15) is 39.6 Å². The van der Waals surface area contributed by atoms with E-state index in [4.69, 9.17) is 0 Å². The molecule has 0 spiro atoms. The molecule has 0 bridgehead atoms. The van der Waals surface area contributed by atoms with E-state index in [1.54, 1.807) is 18.2 Å². The molecule has 12 heteroatoms. The minimum atomic E-state index is -5.05. The lowest BCUT2D eigenvalue weighted by molar-refractivity contribution is -0.143. The highest BCUT2D eigenvalue weighted by Gasteiger charge is 2.40. The van der Waals surface area contributed by atoms with Crippen molar-refractivity contribution >= 4 is 15.7 Å². The Labute approximate surface area is 204 Å². The third kappa shape index (κ3) is 5.86. The number of rotatable bonds is 3. The average Bonchev–Trinajstić information content (AvgIpc) is 2.82. The van der Waals surface area contributed by atoms with Crippen molar-refractivity contribution in [3.05, 3.63) is 70.8 Å². The quantitative estimate of drug-likeness (QED) is 0.546. The summed E-state index contributed by atoms with van der Waals surface area (Å²) in [5.74, 6) is -1.18. The van der Waals surface area contributed by atoms with Crippen LogP contribution in [0.3, 0.4) is 0 Å². The number of benzene rings is 2. The number of halogens is 6. The van der Waals surface area contributed by atoms with Crippen LogP contribution in [0.2, 0.25) is 0 Å². The van der Waals surface area contributed by atoms with E-state index in [1.807, 2.05) is 17.0 Å². The van der Waals surface area contributed by atoms with Gasteiger partial charge in [0.05, 0.1) is 22.6 Å². The summed E-state index contributed by atoms with van der Waals surface area (Å²) in [5, 5.41) is 0. The van der Waals surface area contributed by atoms with Crippen molar-refractivity contribution in [3.63, 3.8) is 0 Å². The largest absolute Gasteiger partial charge is 0.416 e. The van der Waals surface area contributed by atoms with Crippen LogP contribution in [-0.4, -0.2) is 67.9 Å². The molecule has 0 radical (unpaired) electrons. The zero-order valence-electron chi connectivity index (χ0n) is 19.0. The van der Waals surface area contributed by atoms with Gasteiger partial charge < -0.3 is 4.90 Å². The van der Waals surface area contributed by atoms with Gasteiger partial charge in [-0.15, -0.1) is 0 Å². The number of hydrogen-bond acceptors (Lipinski definition) is 4. The van der Waals surface area contributed by atoms with Gasteiger partial charge in [-0.25, -0.2) is 8.42 Å². The SMILES string of the molecule is O=C(c1cc(C(F)(F)F)cc(C(F)(F)F)c1)N1CC[C@H](N2CCS(=O)(=O)CC2)[C@H](c2ccccc2)C1. The van der Waals surface area contributed by atoms with Gasteiger partial charge in [-0.3, -0.25) is 9.69 Å². The number of carbonyl (C=O) groups is 1. The van der Waals surface area contributed by atoms with Crippen molar-refractivity contribution in [2.24, 2.45) is 0 Å². The summed E-state index contributed by atoms with van der Waals surface area (Å²) < 4.78 is 104. The van der Waals surface area contributed by atoms with E-state index in [2.05, 4.69) is 0 Å². The Balaban J connectivity index is 1.63. The summed E-state index contributed by atoms with van der Waals surface area (Å²) in [6, 6.07) is 9.88. The van der Waals surface area contributed by atoms with E-state index in [0.717, 1.165) is 5.56 Å². The van der Waals surface area contributed by atoms with Crippen LogP contribution in [0.1, 0.15) is 39.4 Å². The highest BCUT2D eigenvalue weighted by Crippen LogP contribution is 2.38. The molecule has 0 N–H and O–H groups in total. The minimum absolute atomic E-state index is 0.000193. The molecule has 2 aliphatic heterocycles. The minimum Gasteiger partial charge on any atom is -0.338 e. The Morgan fingerprint density at radius 1 is 0.833 bits per heavy atom. The Kier molecular flexibility index (Phi) is 7.13. The lowest BCUT2D eigenvalue weighted by Crippen LogP contribution is -2.54. The van der Waals surface area contributed by atoms with E-state index in [-0.39, 0.29) is 42.6 Å². The Bertz CT molecular complexity index is 1170. The van der Waals surface area contributed by atoms with Gasteiger partial charge in [0.15, 0.2) is 9.84 Å². The molecular formula is C24H24F6N2O3S. The predicted molar refractivity (Wildman–Crippen MR) is 120 cm³/mol. The maximum absolute atomic E-state index is 13.3. The van der Waals surface area contributed by atoms with Crippen molar-refractivity contribution in [2.75, 3.05) is 37.7 Å². The smallest absolute Gasteiger partial charge is 0.338 e. The second-order valence-electron chi connectivity index (χ2n) is 9.11. The van der Waals surface area contributed by atoms with Gasteiger partial charge in [-0.1, -0.05) is 30.3 Å². The van der Waals surface area contributed by atoms with Crippen LogP contribution in [-0.2, 0) is 22.2 Å². The van der Waals surface area contributed by atoms with E-state index >= 15 is 0 Å². The number of alkyl halides is 6. The normalized spacial score (nSPS) is 23.4. The number of piperidine rings is 1. The highest BCUT2D eigenvalue weighted by molar-refractivity contribution is 7.91. The van der Waals surface area contributed by atoms with Crippen LogP contribution in [0.5, 0.6) is 0 Å². The molecule has 2 fully saturated rings. The lowest BCUT2D eigenvalue weighted by atomic mass is 9.84. The standard InChI is InChI=1S/C24H24F6N2O3S/c25-23(26,27)18-12-17(13-19(14-18)24(28,29)30)22(33)32-7-6-21(31-8-10-36(34,35)11-9-31)20(15-32)16-4-2-1-3-5-16/h1-5,12-14,20-21H,6-11,15H2/t20-,21-/m0/s1. The van der Waals surface area contributed by atoms with Crippen LogP contribution in [0.4, 0.5) is 26.3 Å². The Hall–Kier alpha value is -2.60. The summed E-state index contributed by atoms with van der Waals surface area (Å²) in [7, 11) is -3.12. The average molecular weight is 535 g/mol. The van der Waals surface area contributed by atoms with Gasteiger partial charge >= 0.3 is 12.4 Å². The van der Waals surface area contributed by atoms with Crippen LogP contribution < -0.4 is 0 Å². The second kappa shape index (κ2) is 9.70. The topological polar surface area (TPSA) is 57.7 Å². The summed E-state index contributed by atoms with van der Waals surface area (Å²) in [6.07, 6.45) is -9.70. The number of hydrogen-bond donors (Lipinski definition) is 0. The number of sulfone groups is 1. The molecule has 0 saturated carbocycles. The fraction of sp³-hybridized carbons (Fsp3) is 0.458. The van der Waals surface area contributed by atoms with Gasteiger partial charge in [0.25, 0.3) is 5.91 Å². The van der Waals surface area contributed by atoms with E-state index < -0.39 is 44.8 Å². The van der Waals surface area contributed by atoms with Crippen molar-refractivity contribution in [2.45, 2.75) is 30.7 Å². The second-order valence-corrected chi connectivity index (χ2v) is 11.4. The zero-order valence-corrected chi connectivity index (χ0v) is 19.8. The first-order valence-corrected chi connectivity index (χ1v) is 13.1. The Morgan fingerprint density at radius 2 is 1.39 bits per heavy atom. The molecule has 2 atom stereocenters. The molecule has 2 aromatic carbocycles. The van der Waals surface area contributed by atoms with Crippen molar-refractivity contribution < 1.29 is 39.6 Å². The van der Waals surface area contributed by atoms with Crippen molar-refractivity contribution in [1.29, 1.82) is 0 Å². The van der Waals surface area contributed by atoms with Gasteiger partial charge in [0.2, 0.25) is 0 Å². The van der Waals surface area contributed by atoms with E-state index in [0.29, 0.717) is 31.6 Å². The molecule has 1 amide bonds. The molecule has 2 aliphatic rings. The first-order chi connectivity index (χ1) is 16.7. The van der Waals surface area contributed by atoms with E-state index in [1.165, 1.54) is 4.90 Å². The van der Waals surface area contributed by atoms with Gasteiger partial charge in [0.1, 0.15) is 0 Å². The molecular weight excluding hydrogens is 510 g/mol. The summed E-state index contributed by atoms with van der Waals surface area (Å²) >= 11 is 0. The highest BCUT2D eigenvalue weighted by atomic mass is 32.2. The molecule has 36 heavy (non-hydrogen) atoms. The van der Waals surface area contributed by atoms with Crippen LogP contribution in [0.25, 0.3) is 0 Å². The molecule has 4 rings (SSSR count). The first-order valence-electron chi connectivity index (χ1n) is 11.3. The fourth-order valence-electron chi connectivity index (χ4n) is 4.91. The van der Waals surface area contributed by atoms with Crippen molar-refractivity contribution in [1.82, 2.24) is 9.80 Å². The molecule has 2 saturated heterocycles. The monoisotopic (exact) mass is 534 g/mol. The molecule has 2 aromatic rings. The molecule has 0 aliphatic carbocycles. The number of carbonyl (C=O) groups excluding carboxylic acids is 1. The molecule has 5 nitrogen and oxygen atoms in total. The lowest BCUT2D eigenvalue weighted by Gasteiger charge is -2.45. The maximum Gasteiger partial charge on any atom is 0.416 e. The molecule has 0 aromatic heterocycles. The predicted octanol–water partition coefficient (Wildman–Crippen LogP) is 4.45. The van der Waals surface area contributed by atoms with Gasteiger partial charge in [0, 0.05) is 43.7 Å².